The van der Waals surface area contributed by atoms with Crippen molar-refractivity contribution in [1.29, 1.82) is 0 Å². The average Bonchev–Trinajstić information content (AvgIpc) is 3.89. The van der Waals surface area contributed by atoms with Crippen LogP contribution in [-0.2, 0) is 0 Å². The summed E-state index contributed by atoms with van der Waals surface area (Å²) in [5.74, 6) is 0. The Morgan fingerprint density at radius 1 is 0.364 bits per heavy atom. The normalized spacial score (nSPS) is 11.4. The summed E-state index contributed by atoms with van der Waals surface area (Å²) < 4.78 is 2.27. The molecule has 0 amide bonds. The highest BCUT2D eigenvalue weighted by atomic mass is 79.9. The highest BCUT2D eigenvalue weighted by molar-refractivity contribution is 9.11. The van der Waals surface area contributed by atoms with E-state index in [9.17, 15) is 0 Å². The number of aromatic nitrogens is 2. The second kappa shape index (κ2) is 11.9. The van der Waals surface area contributed by atoms with Gasteiger partial charge in [0.05, 0.1) is 30.0 Å². The molecule has 0 aliphatic rings. The molecule has 5 aromatic heterocycles. The number of rotatable bonds is 6. The first kappa shape index (κ1) is 28.2. The van der Waals surface area contributed by atoms with Crippen LogP contribution in [-0.4, -0.2) is 9.97 Å². The number of hydrogen-bond acceptors (Lipinski definition) is 6. The maximum atomic E-state index is 5.48. The molecule has 8 aromatic rings. The zero-order valence-corrected chi connectivity index (χ0v) is 29.3. The van der Waals surface area contributed by atoms with E-state index >= 15 is 0 Å². The van der Waals surface area contributed by atoms with E-state index in [1.807, 2.05) is 12.1 Å². The molecule has 0 atom stereocenters. The van der Waals surface area contributed by atoms with Crippen molar-refractivity contribution in [2.75, 3.05) is 0 Å². The molecular weight excluding hydrogens is 748 g/mol. The number of benzene rings is 3. The smallest absolute Gasteiger partial charge is 0.0988 e. The predicted octanol–water partition coefficient (Wildman–Crippen LogP) is 13.4. The molecule has 5 heterocycles. The zero-order valence-electron chi connectivity index (χ0n) is 22.8. The Balaban J connectivity index is 1.38. The first-order valence-electron chi connectivity index (χ1n) is 13.8. The van der Waals surface area contributed by atoms with Crippen molar-refractivity contribution in [2.45, 2.75) is 0 Å². The van der Waals surface area contributed by atoms with Crippen LogP contribution in [0.25, 0.3) is 73.9 Å². The molecule has 0 unspecified atom stereocenters. The van der Waals surface area contributed by atoms with Crippen LogP contribution < -0.4 is 0 Å². The molecule has 8 heteroatoms. The van der Waals surface area contributed by atoms with Gasteiger partial charge in [-0.05, 0) is 80.4 Å². The molecule has 0 aliphatic heterocycles. The Labute approximate surface area is 287 Å². The van der Waals surface area contributed by atoms with Crippen LogP contribution in [0.3, 0.4) is 0 Å². The third-order valence-corrected chi connectivity index (χ3v) is 13.2. The van der Waals surface area contributed by atoms with Gasteiger partial charge in [0.15, 0.2) is 0 Å². The molecule has 0 radical (unpaired) electrons. The summed E-state index contributed by atoms with van der Waals surface area (Å²) in [6.45, 7) is 0. The van der Waals surface area contributed by atoms with Crippen LogP contribution in [0.4, 0.5) is 0 Å². The van der Waals surface area contributed by atoms with Gasteiger partial charge in [-0.25, -0.2) is 9.97 Å². The number of thiophene rings is 4. The quantitative estimate of drug-likeness (QED) is 0.168. The second-order valence-electron chi connectivity index (χ2n) is 10.0. The van der Waals surface area contributed by atoms with Gasteiger partial charge in [0, 0.05) is 51.5 Å². The van der Waals surface area contributed by atoms with Crippen LogP contribution >= 0.6 is 77.2 Å². The summed E-state index contributed by atoms with van der Waals surface area (Å²) in [6.07, 6.45) is 0. The maximum absolute atomic E-state index is 5.48. The van der Waals surface area contributed by atoms with Crippen molar-refractivity contribution in [2.24, 2.45) is 0 Å². The molecule has 2 nitrogen and oxygen atoms in total. The number of nitrogens with zero attached hydrogens (tertiary/aromatic N) is 2. The van der Waals surface area contributed by atoms with E-state index in [1.54, 1.807) is 45.3 Å². The minimum Gasteiger partial charge on any atom is -0.243 e. The zero-order chi connectivity index (χ0) is 29.6. The summed E-state index contributed by atoms with van der Waals surface area (Å²) in [5.41, 5.74) is 7.89. The van der Waals surface area contributed by atoms with Crippen molar-refractivity contribution in [1.82, 2.24) is 9.97 Å². The monoisotopic (exact) mass is 766 g/mol. The van der Waals surface area contributed by atoms with Crippen molar-refractivity contribution in [3.63, 3.8) is 0 Å². The first-order chi connectivity index (χ1) is 21.6. The fourth-order valence-corrected chi connectivity index (χ4v) is 10.3. The van der Waals surface area contributed by atoms with Gasteiger partial charge in [0.25, 0.3) is 0 Å². The van der Waals surface area contributed by atoms with Crippen LogP contribution in [0.15, 0.2) is 129 Å². The topological polar surface area (TPSA) is 25.8 Å². The Kier molecular flexibility index (Phi) is 7.66. The third-order valence-electron chi connectivity index (χ3n) is 7.29. The van der Waals surface area contributed by atoms with E-state index in [1.165, 1.54) is 29.3 Å². The highest BCUT2D eigenvalue weighted by Crippen LogP contribution is 2.45. The average molecular weight is 769 g/mol. The molecule has 0 N–H and O–H groups in total. The van der Waals surface area contributed by atoms with Crippen LogP contribution in [0.1, 0.15) is 0 Å². The molecule has 8 rings (SSSR count). The molecule has 3 aromatic carbocycles. The summed E-state index contributed by atoms with van der Waals surface area (Å²) in [6, 6.07) is 42.7. The van der Waals surface area contributed by atoms with Crippen molar-refractivity contribution >= 4 is 88.2 Å². The van der Waals surface area contributed by atoms with Gasteiger partial charge in [-0.15, -0.1) is 45.3 Å². The van der Waals surface area contributed by atoms with Gasteiger partial charge in [-0.1, -0.05) is 72.8 Å². The van der Waals surface area contributed by atoms with Gasteiger partial charge in [0.2, 0.25) is 0 Å². The van der Waals surface area contributed by atoms with Gasteiger partial charge in [-0.2, -0.15) is 0 Å². The minimum absolute atomic E-state index is 0.886. The van der Waals surface area contributed by atoms with Gasteiger partial charge >= 0.3 is 0 Å². The molecule has 0 saturated heterocycles. The first-order valence-corrected chi connectivity index (χ1v) is 18.6. The molecule has 0 aliphatic carbocycles. The largest absolute Gasteiger partial charge is 0.243 e. The molecule has 44 heavy (non-hydrogen) atoms. The SMILES string of the molecule is Brc1ccc(-c2ccc(-c3ccc(-c4ccc(-c5ccc(Br)s5)s4)c4nc(-c5ccccc5)c(-c5ccccc5)nc34)s2)s1. The van der Waals surface area contributed by atoms with Crippen molar-refractivity contribution in [3.8, 4) is 62.9 Å². The summed E-state index contributed by atoms with van der Waals surface area (Å²) in [7, 11) is 0. The Morgan fingerprint density at radius 3 is 1.11 bits per heavy atom. The number of fused-ring (bicyclic) bond motifs is 1. The maximum Gasteiger partial charge on any atom is 0.0988 e. The highest BCUT2D eigenvalue weighted by Gasteiger charge is 2.21. The predicted molar refractivity (Wildman–Crippen MR) is 199 cm³/mol. The fraction of sp³-hybridized carbons (Fsp3) is 0. The van der Waals surface area contributed by atoms with Crippen LogP contribution in [0.2, 0.25) is 0 Å². The molecular formula is C36H20Br2N2S4. The lowest BCUT2D eigenvalue weighted by Crippen LogP contribution is -1.98. The molecule has 212 valence electrons. The van der Waals surface area contributed by atoms with E-state index in [-0.39, 0.29) is 0 Å². The lowest BCUT2D eigenvalue weighted by molar-refractivity contribution is 1.29. The van der Waals surface area contributed by atoms with Crippen molar-refractivity contribution in [3.05, 3.63) is 129 Å². The number of halogens is 2. The van der Waals surface area contributed by atoms with E-state index < -0.39 is 0 Å². The van der Waals surface area contributed by atoms with E-state index in [4.69, 9.17) is 9.97 Å². The Bertz CT molecular complexity index is 2100. The standard InChI is InChI=1S/C36H20Br2N2S4/c37-31-19-17-29(43-31)27-15-13-25(41-27)23-11-12-24(26-14-16-28(42-26)30-18-20-32(38)44-30)36-35(23)39-33(21-7-3-1-4-8-21)34(40-36)22-9-5-2-6-10-22/h1-20H. The third kappa shape index (κ3) is 5.34. The summed E-state index contributed by atoms with van der Waals surface area (Å²) in [4.78, 5) is 18.3. The van der Waals surface area contributed by atoms with E-state index in [0.29, 0.717) is 0 Å². The van der Waals surface area contributed by atoms with Crippen LogP contribution in [0, 0.1) is 0 Å². The molecule has 0 saturated carbocycles. The molecule has 0 fully saturated rings. The molecule has 0 bridgehead atoms. The fourth-order valence-electron chi connectivity index (χ4n) is 5.25. The molecule has 0 spiro atoms. The van der Waals surface area contributed by atoms with Gasteiger partial charge in [0.1, 0.15) is 0 Å². The Hall–Kier alpha value is -3.24. The van der Waals surface area contributed by atoms with Crippen LogP contribution in [0.5, 0.6) is 0 Å². The second-order valence-corrected chi connectivity index (χ2v) is 17.1. The minimum atomic E-state index is 0.886. The summed E-state index contributed by atoms with van der Waals surface area (Å²) in [5, 5.41) is 0. The van der Waals surface area contributed by atoms with E-state index in [2.05, 4.69) is 141 Å². The van der Waals surface area contributed by atoms with Crippen molar-refractivity contribution < 1.29 is 0 Å². The van der Waals surface area contributed by atoms with Gasteiger partial charge in [-0.3, -0.25) is 0 Å². The number of hydrogen-bond donors (Lipinski definition) is 0. The summed E-state index contributed by atoms with van der Waals surface area (Å²) >= 11 is 14.3. The lowest BCUT2D eigenvalue weighted by Gasteiger charge is -2.15. The Morgan fingerprint density at radius 2 is 0.727 bits per heavy atom. The lowest BCUT2D eigenvalue weighted by atomic mass is 10.0. The van der Waals surface area contributed by atoms with Gasteiger partial charge < -0.3 is 0 Å². The van der Waals surface area contributed by atoms with E-state index in [0.717, 1.165) is 52.2 Å².